The molecular weight excluding hydrogens is 132 g/mol. The van der Waals surface area contributed by atoms with Crippen molar-refractivity contribution in [1.29, 1.82) is 0 Å². The third-order valence-corrected chi connectivity index (χ3v) is 2.30. The molecule has 0 unspecified atom stereocenters. The fourth-order valence-electron chi connectivity index (χ4n) is 1.38. The average Bonchev–Trinajstić information content (AvgIpc) is 1.90. The first kappa shape index (κ1) is 7.14. The van der Waals surface area contributed by atoms with Crippen molar-refractivity contribution < 1.29 is 0 Å². The van der Waals surface area contributed by atoms with Crippen molar-refractivity contribution in [1.82, 2.24) is 0 Å². The summed E-state index contributed by atoms with van der Waals surface area (Å²) in [4.78, 5) is 0. The Morgan fingerprint density at radius 1 is 1.22 bits per heavy atom. The van der Waals surface area contributed by atoms with Crippen LogP contribution in [0.15, 0.2) is 5.03 Å². The molecule has 0 bridgehead atoms. The summed E-state index contributed by atoms with van der Waals surface area (Å²) < 4.78 is 0. The van der Waals surface area contributed by atoms with Crippen LogP contribution in [0.5, 0.6) is 0 Å². The molecule has 0 nitrogen and oxygen atoms in total. The van der Waals surface area contributed by atoms with Crippen molar-refractivity contribution in [2.24, 2.45) is 5.92 Å². The minimum Gasteiger partial charge on any atom is -0.0888 e. The van der Waals surface area contributed by atoms with Gasteiger partial charge in [0.15, 0.2) is 0 Å². The lowest BCUT2D eigenvalue weighted by Gasteiger charge is -2.19. The molecule has 0 aromatic heterocycles. The largest absolute Gasteiger partial charge is 0.0888 e. The topological polar surface area (TPSA) is 0 Å². The predicted octanol–water partition coefficient (Wildman–Crippen LogP) is 3.12. The third kappa shape index (κ3) is 2.02. The molecule has 0 heterocycles. The summed E-state index contributed by atoms with van der Waals surface area (Å²) >= 11 is 5.65. The Labute approximate surface area is 61.9 Å². The van der Waals surface area contributed by atoms with Gasteiger partial charge in [0.1, 0.15) is 0 Å². The van der Waals surface area contributed by atoms with E-state index in [1.165, 1.54) is 32.1 Å². The van der Waals surface area contributed by atoms with Crippen LogP contribution in [0.1, 0.15) is 32.1 Å². The number of rotatable bonds is 1. The molecule has 1 heteroatoms. The molecule has 0 amide bonds. The lowest BCUT2D eigenvalue weighted by Crippen LogP contribution is -2.04. The van der Waals surface area contributed by atoms with Gasteiger partial charge in [0.2, 0.25) is 0 Å². The standard InChI is InChI=1S/C8H12Cl/c1-7(9)8-5-3-2-4-6-8/h1,8H,2-6H2. The quantitative estimate of drug-likeness (QED) is 0.529. The van der Waals surface area contributed by atoms with E-state index in [0.717, 1.165) is 0 Å². The summed E-state index contributed by atoms with van der Waals surface area (Å²) in [5.41, 5.74) is 0. The maximum atomic E-state index is 5.65. The number of halogens is 1. The van der Waals surface area contributed by atoms with Gasteiger partial charge in [0, 0.05) is 5.03 Å². The first-order chi connectivity index (χ1) is 4.30. The molecule has 1 rings (SSSR count). The molecule has 1 radical (unpaired) electrons. The van der Waals surface area contributed by atoms with E-state index in [9.17, 15) is 0 Å². The Kier molecular flexibility index (Phi) is 2.59. The maximum absolute atomic E-state index is 5.65. The van der Waals surface area contributed by atoms with Gasteiger partial charge >= 0.3 is 0 Å². The van der Waals surface area contributed by atoms with Gasteiger partial charge in [-0.25, -0.2) is 0 Å². The van der Waals surface area contributed by atoms with Crippen molar-refractivity contribution in [3.8, 4) is 0 Å². The number of hydrogen-bond donors (Lipinski definition) is 0. The van der Waals surface area contributed by atoms with Gasteiger partial charge in [-0.15, -0.1) is 0 Å². The fraction of sp³-hybridized carbons (Fsp3) is 0.750. The highest BCUT2D eigenvalue weighted by atomic mass is 35.5. The van der Waals surface area contributed by atoms with E-state index in [1.54, 1.807) is 0 Å². The van der Waals surface area contributed by atoms with Gasteiger partial charge in [-0.3, -0.25) is 0 Å². The third-order valence-electron chi connectivity index (χ3n) is 2.00. The zero-order valence-corrected chi connectivity index (χ0v) is 6.32. The van der Waals surface area contributed by atoms with Gasteiger partial charge < -0.3 is 0 Å². The van der Waals surface area contributed by atoms with Gasteiger partial charge in [0.25, 0.3) is 0 Å². The monoisotopic (exact) mass is 143 g/mol. The molecule has 9 heavy (non-hydrogen) atoms. The maximum Gasteiger partial charge on any atom is 0.0212 e. The fourth-order valence-corrected chi connectivity index (χ4v) is 1.60. The number of allylic oxidation sites excluding steroid dienone is 1. The van der Waals surface area contributed by atoms with Gasteiger partial charge in [-0.2, -0.15) is 0 Å². The Bertz CT molecular complexity index is 101. The molecule has 0 N–H and O–H groups in total. The van der Waals surface area contributed by atoms with Crippen LogP contribution in [0.3, 0.4) is 0 Å². The summed E-state index contributed by atoms with van der Waals surface area (Å²) in [7, 11) is 0. The van der Waals surface area contributed by atoms with Crippen LogP contribution >= 0.6 is 11.6 Å². The van der Waals surface area contributed by atoms with Gasteiger partial charge in [-0.05, 0) is 25.3 Å². The van der Waals surface area contributed by atoms with Crippen LogP contribution in [0.25, 0.3) is 0 Å². The summed E-state index contributed by atoms with van der Waals surface area (Å²) in [6, 6.07) is 0. The van der Waals surface area contributed by atoms with Crippen molar-refractivity contribution in [3.63, 3.8) is 0 Å². The molecule has 0 aromatic rings. The van der Waals surface area contributed by atoms with Crippen LogP contribution in [-0.4, -0.2) is 0 Å². The van der Waals surface area contributed by atoms with Crippen molar-refractivity contribution >= 4 is 11.6 Å². The molecule has 1 aliphatic rings. The molecule has 0 aromatic carbocycles. The summed E-state index contributed by atoms with van der Waals surface area (Å²) in [5, 5.41) is 0.620. The van der Waals surface area contributed by atoms with E-state index >= 15 is 0 Å². The van der Waals surface area contributed by atoms with Gasteiger partial charge in [0.05, 0.1) is 0 Å². The highest BCUT2D eigenvalue weighted by molar-refractivity contribution is 6.29. The molecule has 1 aliphatic carbocycles. The SMILES string of the molecule is [CH]=C(Cl)C1CCCCC1. The van der Waals surface area contributed by atoms with Crippen LogP contribution in [0.4, 0.5) is 0 Å². The zero-order valence-electron chi connectivity index (χ0n) is 5.57. The molecule has 1 fully saturated rings. The number of hydrogen-bond acceptors (Lipinski definition) is 0. The lowest BCUT2D eigenvalue weighted by molar-refractivity contribution is 0.414. The second-order valence-electron chi connectivity index (χ2n) is 2.72. The van der Waals surface area contributed by atoms with Crippen LogP contribution in [0, 0.1) is 12.5 Å². The van der Waals surface area contributed by atoms with Crippen LogP contribution in [0.2, 0.25) is 0 Å². The van der Waals surface area contributed by atoms with E-state index in [-0.39, 0.29) is 0 Å². The van der Waals surface area contributed by atoms with E-state index in [0.29, 0.717) is 11.0 Å². The van der Waals surface area contributed by atoms with E-state index in [2.05, 4.69) is 0 Å². The molecule has 0 spiro atoms. The van der Waals surface area contributed by atoms with E-state index < -0.39 is 0 Å². The molecular formula is C8H12Cl. The Balaban J connectivity index is 2.31. The summed E-state index contributed by atoms with van der Waals surface area (Å²) in [6.45, 7) is 5.45. The Hall–Kier alpha value is 0.0300. The minimum atomic E-state index is 0.514. The van der Waals surface area contributed by atoms with E-state index in [4.69, 9.17) is 18.2 Å². The van der Waals surface area contributed by atoms with Crippen molar-refractivity contribution in [3.05, 3.63) is 11.6 Å². The first-order valence-electron chi connectivity index (χ1n) is 3.58. The highest BCUT2D eigenvalue weighted by Gasteiger charge is 2.14. The first-order valence-corrected chi connectivity index (χ1v) is 3.96. The molecule has 0 saturated heterocycles. The zero-order chi connectivity index (χ0) is 6.69. The smallest absolute Gasteiger partial charge is 0.0212 e. The molecule has 0 atom stereocenters. The summed E-state index contributed by atoms with van der Waals surface area (Å²) in [6.07, 6.45) is 6.38. The lowest BCUT2D eigenvalue weighted by atomic mass is 9.89. The molecule has 1 saturated carbocycles. The van der Waals surface area contributed by atoms with Crippen molar-refractivity contribution in [2.75, 3.05) is 0 Å². The summed E-state index contributed by atoms with van der Waals surface area (Å²) in [5.74, 6) is 0.514. The van der Waals surface area contributed by atoms with Gasteiger partial charge in [-0.1, -0.05) is 30.9 Å². The Morgan fingerprint density at radius 3 is 2.11 bits per heavy atom. The van der Waals surface area contributed by atoms with E-state index in [1.807, 2.05) is 0 Å². The molecule has 51 valence electrons. The minimum absolute atomic E-state index is 0.514. The normalized spacial score (nSPS) is 21.9. The highest BCUT2D eigenvalue weighted by Crippen LogP contribution is 2.30. The second kappa shape index (κ2) is 3.26. The predicted molar refractivity (Wildman–Crippen MR) is 40.2 cm³/mol. The average molecular weight is 144 g/mol. The Morgan fingerprint density at radius 2 is 1.78 bits per heavy atom. The molecule has 0 aliphatic heterocycles. The van der Waals surface area contributed by atoms with Crippen molar-refractivity contribution in [2.45, 2.75) is 32.1 Å². The second-order valence-corrected chi connectivity index (χ2v) is 3.16. The van der Waals surface area contributed by atoms with Crippen LogP contribution < -0.4 is 0 Å². The van der Waals surface area contributed by atoms with Crippen LogP contribution in [-0.2, 0) is 0 Å².